The third kappa shape index (κ3) is 2.82. The number of carbonyl (C=O) groups excluding carboxylic acids is 1. The predicted molar refractivity (Wildman–Crippen MR) is 63.3 cm³/mol. The summed E-state index contributed by atoms with van der Waals surface area (Å²) in [6, 6.07) is 4.26. The van der Waals surface area contributed by atoms with Crippen molar-refractivity contribution in [1.82, 2.24) is 9.88 Å². The monoisotopic (exact) mass is 229 g/mol. The van der Waals surface area contributed by atoms with E-state index in [0.29, 0.717) is 24.6 Å². The van der Waals surface area contributed by atoms with Crippen LogP contribution < -0.4 is 0 Å². The van der Waals surface area contributed by atoms with Crippen molar-refractivity contribution in [1.29, 1.82) is 5.26 Å². The van der Waals surface area contributed by atoms with E-state index in [0.717, 1.165) is 18.4 Å². The molecule has 2 rings (SSSR count). The maximum atomic E-state index is 12.3. The van der Waals surface area contributed by atoms with E-state index in [-0.39, 0.29) is 5.91 Å². The predicted octanol–water partition coefficient (Wildman–Crippen LogP) is 1.91. The van der Waals surface area contributed by atoms with Crippen molar-refractivity contribution >= 4 is 5.91 Å². The molecular weight excluding hydrogens is 214 g/mol. The fourth-order valence-corrected chi connectivity index (χ4v) is 1.84. The zero-order valence-electron chi connectivity index (χ0n) is 9.89. The van der Waals surface area contributed by atoms with Crippen LogP contribution in [0.25, 0.3) is 0 Å². The van der Waals surface area contributed by atoms with Gasteiger partial charge in [-0.15, -0.1) is 0 Å². The first-order valence-electron chi connectivity index (χ1n) is 5.82. The van der Waals surface area contributed by atoms with Gasteiger partial charge in [-0.2, -0.15) is 5.26 Å². The Hall–Kier alpha value is -1.89. The van der Waals surface area contributed by atoms with E-state index >= 15 is 0 Å². The lowest BCUT2D eigenvalue weighted by Gasteiger charge is -2.21. The number of aromatic nitrogens is 1. The molecule has 0 aliphatic heterocycles. The molecule has 0 atom stereocenters. The average molecular weight is 229 g/mol. The van der Waals surface area contributed by atoms with Gasteiger partial charge in [0.15, 0.2) is 0 Å². The van der Waals surface area contributed by atoms with Gasteiger partial charge >= 0.3 is 0 Å². The Morgan fingerprint density at radius 3 is 2.94 bits per heavy atom. The van der Waals surface area contributed by atoms with Gasteiger partial charge in [-0.3, -0.25) is 9.78 Å². The van der Waals surface area contributed by atoms with Gasteiger partial charge in [-0.25, -0.2) is 0 Å². The minimum Gasteiger partial charge on any atom is -0.335 e. The highest BCUT2D eigenvalue weighted by atomic mass is 16.2. The first kappa shape index (κ1) is 11.6. The molecule has 1 saturated carbocycles. The molecule has 4 heteroatoms. The van der Waals surface area contributed by atoms with Crippen molar-refractivity contribution in [3.63, 3.8) is 0 Å². The van der Waals surface area contributed by atoms with Crippen LogP contribution >= 0.6 is 0 Å². The van der Waals surface area contributed by atoms with E-state index < -0.39 is 0 Å². The summed E-state index contributed by atoms with van der Waals surface area (Å²) in [5.41, 5.74) is 1.60. The molecule has 0 radical (unpaired) electrons. The van der Waals surface area contributed by atoms with Crippen LogP contribution in [0, 0.1) is 18.3 Å². The number of nitrogens with zero attached hydrogens (tertiary/aromatic N) is 3. The van der Waals surface area contributed by atoms with Gasteiger partial charge < -0.3 is 4.90 Å². The number of pyridine rings is 1. The Bertz CT molecular complexity index is 460. The highest BCUT2D eigenvalue weighted by molar-refractivity contribution is 5.94. The van der Waals surface area contributed by atoms with Crippen molar-refractivity contribution in [2.45, 2.75) is 32.2 Å². The fourth-order valence-electron chi connectivity index (χ4n) is 1.84. The van der Waals surface area contributed by atoms with Crippen molar-refractivity contribution in [2.24, 2.45) is 0 Å². The lowest BCUT2D eigenvalue weighted by molar-refractivity contribution is 0.0746. The zero-order valence-corrected chi connectivity index (χ0v) is 9.89. The smallest absolute Gasteiger partial charge is 0.255 e. The Balaban J connectivity index is 2.13. The molecule has 0 saturated heterocycles. The molecule has 0 spiro atoms. The van der Waals surface area contributed by atoms with Gasteiger partial charge in [-0.1, -0.05) is 0 Å². The summed E-state index contributed by atoms with van der Waals surface area (Å²) >= 11 is 0. The summed E-state index contributed by atoms with van der Waals surface area (Å²) in [6.07, 6.45) is 5.82. The second kappa shape index (κ2) is 4.96. The molecule has 0 aromatic carbocycles. The second-order valence-corrected chi connectivity index (χ2v) is 4.39. The van der Waals surface area contributed by atoms with E-state index in [2.05, 4.69) is 11.1 Å². The number of nitriles is 1. The molecule has 0 unspecified atom stereocenters. The van der Waals surface area contributed by atoms with E-state index in [1.807, 2.05) is 13.0 Å². The molecule has 1 heterocycles. The Kier molecular flexibility index (Phi) is 3.38. The summed E-state index contributed by atoms with van der Waals surface area (Å²) in [5.74, 6) is -0.000972. The van der Waals surface area contributed by atoms with E-state index in [9.17, 15) is 4.79 Å². The van der Waals surface area contributed by atoms with Gasteiger partial charge in [-0.05, 0) is 31.4 Å². The maximum absolute atomic E-state index is 12.3. The summed E-state index contributed by atoms with van der Waals surface area (Å²) < 4.78 is 0. The first-order valence-corrected chi connectivity index (χ1v) is 5.82. The molecule has 4 nitrogen and oxygen atoms in total. The fraction of sp³-hybridized carbons (Fsp3) is 0.462. The van der Waals surface area contributed by atoms with Crippen LogP contribution in [0.2, 0.25) is 0 Å². The van der Waals surface area contributed by atoms with Crippen LogP contribution in [0.4, 0.5) is 0 Å². The second-order valence-electron chi connectivity index (χ2n) is 4.39. The number of aryl methyl sites for hydroxylation is 1. The molecule has 1 aromatic rings. The molecule has 1 fully saturated rings. The molecule has 0 bridgehead atoms. The summed E-state index contributed by atoms with van der Waals surface area (Å²) in [5, 5.41) is 8.61. The Morgan fingerprint density at radius 1 is 1.59 bits per heavy atom. The number of hydrogen-bond donors (Lipinski definition) is 0. The molecule has 17 heavy (non-hydrogen) atoms. The SMILES string of the molecule is Cc1cncc(C(=O)N(CCC#N)C2CC2)c1. The number of hydrogen-bond acceptors (Lipinski definition) is 3. The molecule has 1 aromatic heterocycles. The van der Waals surface area contributed by atoms with Crippen LogP contribution in [0.15, 0.2) is 18.5 Å². The minimum absolute atomic E-state index is 0.000972. The number of rotatable bonds is 4. The average Bonchev–Trinajstić information content (AvgIpc) is 3.14. The first-order chi connectivity index (χ1) is 8.22. The van der Waals surface area contributed by atoms with Crippen molar-refractivity contribution in [2.75, 3.05) is 6.54 Å². The van der Waals surface area contributed by atoms with Gasteiger partial charge in [0.2, 0.25) is 0 Å². The summed E-state index contributed by atoms with van der Waals surface area (Å²) in [6.45, 7) is 2.44. The van der Waals surface area contributed by atoms with Gasteiger partial charge in [0, 0.05) is 25.0 Å². The zero-order chi connectivity index (χ0) is 12.3. The van der Waals surface area contributed by atoms with E-state index in [1.54, 1.807) is 17.3 Å². The van der Waals surface area contributed by atoms with Gasteiger partial charge in [0.25, 0.3) is 5.91 Å². The standard InChI is InChI=1S/C13H15N3O/c1-10-7-11(9-15-8-10)13(17)16(6-2-5-14)12-3-4-12/h7-9,12H,2-4,6H2,1H3. The highest BCUT2D eigenvalue weighted by Crippen LogP contribution is 2.28. The molecule has 0 N–H and O–H groups in total. The van der Waals surface area contributed by atoms with Crippen LogP contribution in [0.1, 0.15) is 35.2 Å². The largest absolute Gasteiger partial charge is 0.335 e. The molecule has 1 aliphatic carbocycles. The maximum Gasteiger partial charge on any atom is 0.255 e. The lowest BCUT2D eigenvalue weighted by atomic mass is 10.2. The lowest BCUT2D eigenvalue weighted by Crippen LogP contribution is -2.34. The van der Waals surface area contributed by atoms with Crippen LogP contribution in [0.5, 0.6) is 0 Å². The third-order valence-electron chi connectivity index (χ3n) is 2.83. The number of amides is 1. The van der Waals surface area contributed by atoms with Crippen molar-refractivity contribution in [3.8, 4) is 6.07 Å². The van der Waals surface area contributed by atoms with Crippen LogP contribution in [-0.4, -0.2) is 28.4 Å². The molecule has 88 valence electrons. The molecule has 1 aliphatic rings. The summed E-state index contributed by atoms with van der Waals surface area (Å²) in [7, 11) is 0. The quantitative estimate of drug-likeness (QED) is 0.792. The Labute approximate surface area is 101 Å². The van der Waals surface area contributed by atoms with E-state index in [4.69, 9.17) is 5.26 Å². The topological polar surface area (TPSA) is 57.0 Å². The van der Waals surface area contributed by atoms with Crippen molar-refractivity contribution in [3.05, 3.63) is 29.6 Å². The molecule has 1 amide bonds. The normalized spacial score (nSPS) is 14.1. The summed E-state index contributed by atoms with van der Waals surface area (Å²) in [4.78, 5) is 18.1. The van der Waals surface area contributed by atoms with Gasteiger partial charge in [0.05, 0.1) is 18.1 Å². The third-order valence-corrected chi connectivity index (χ3v) is 2.83. The Morgan fingerprint density at radius 2 is 2.35 bits per heavy atom. The molecular formula is C13H15N3O. The van der Waals surface area contributed by atoms with Crippen molar-refractivity contribution < 1.29 is 4.79 Å². The van der Waals surface area contributed by atoms with E-state index in [1.165, 1.54) is 0 Å². The number of carbonyl (C=O) groups is 1. The van der Waals surface area contributed by atoms with Crippen LogP contribution in [-0.2, 0) is 0 Å². The van der Waals surface area contributed by atoms with Crippen LogP contribution in [0.3, 0.4) is 0 Å². The minimum atomic E-state index is -0.000972. The van der Waals surface area contributed by atoms with Gasteiger partial charge in [0.1, 0.15) is 0 Å². The highest BCUT2D eigenvalue weighted by Gasteiger charge is 2.32.